The van der Waals surface area contributed by atoms with E-state index < -0.39 is 20.5 Å². The molecule has 120 valence electrons. The van der Waals surface area contributed by atoms with Crippen molar-refractivity contribution in [3.05, 3.63) is 54.5 Å². The third kappa shape index (κ3) is 2.87. The van der Waals surface area contributed by atoms with Gasteiger partial charge in [0.2, 0.25) is 9.84 Å². The Labute approximate surface area is 130 Å². The number of fused-ring (bicyclic) bond motifs is 1. The maximum absolute atomic E-state index is 12.8. The zero-order valence-corrected chi connectivity index (χ0v) is 12.5. The lowest BCUT2D eigenvalue weighted by Crippen LogP contribution is -2.15. The Bertz CT molecular complexity index is 941. The molecule has 0 bridgehead atoms. The minimum atomic E-state index is -4.67. The van der Waals surface area contributed by atoms with Crippen molar-refractivity contribution in [2.75, 3.05) is 5.32 Å². The lowest BCUT2D eigenvalue weighted by Gasteiger charge is -2.12. The molecular weight excluding hydrogens is 326 g/mol. The summed E-state index contributed by atoms with van der Waals surface area (Å²) in [5, 5.41) is 6.98. The van der Waals surface area contributed by atoms with E-state index in [-0.39, 0.29) is 12.2 Å². The highest BCUT2D eigenvalue weighted by atomic mass is 32.2. The van der Waals surface area contributed by atoms with Crippen LogP contribution < -0.4 is 5.32 Å². The number of para-hydroxylation sites is 1. The predicted octanol–water partition coefficient (Wildman–Crippen LogP) is 2.34. The number of nitrogens with zero attached hydrogens (tertiary/aromatic N) is 3. The van der Waals surface area contributed by atoms with Crippen LogP contribution in [0.2, 0.25) is 0 Å². The van der Waals surface area contributed by atoms with Gasteiger partial charge in [-0.2, -0.15) is 13.9 Å². The maximum Gasteiger partial charge on any atom is 0.341 e. The van der Waals surface area contributed by atoms with Crippen molar-refractivity contribution in [1.82, 2.24) is 14.6 Å². The van der Waals surface area contributed by atoms with Gasteiger partial charge in [-0.25, -0.2) is 17.9 Å². The molecule has 0 atom stereocenters. The largest absolute Gasteiger partial charge is 0.378 e. The first-order chi connectivity index (χ1) is 11.0. The molecule has 0 radical (unpaired) electrons. The van der Waals surface area contributed by atoms with Crippen LogP contribution in [0.5, 0.6) is 0 Å². The monoisotopic (exact) mass is 338 g/mol. The van der Waals surface area contributed by atoms with Crippen molar-refractivity contribution in [3.63, 3.8) is 0 Å². The van der Waals surface area contributed by atoms with E-state index in [0.717, 1.165) is 6.07 Å². The van der Waals surface area contributed by atoms with Gasteiger partial charge in [0, 0.05) is 12.3 Å². The van der Waals surface area contributed by atoms with Crippen LogP contribution >= 0.6 is 0 Å². The molecule has 6 nitrogen and oxygen atoms in total. The molecule has 3 aromatic rings. The number of hydrogen-bond acceptors (Lipinski definition) is 5. The van der Waals surface area contributed by atoms with Crippen molar-refractivity contribution in [3.8, 4) is 0 Å². The summed E-state index contributed by atoms with van der Waals surface area (Å²) in [6.07, 6.45) is 3.18. The van der Waals surface area contributed by atoms with Crippen molar-refractivity contribution in [2.45, 2.75) is 17.2 Å². The lowest BCUT2D eigenvalue weighted by atomic mass is 10.3. The molecule has 0 fully saturated rings. The number of halogens is 2. The van der Waals surface area contributed by atoms with E-state index in [1.54, 1.807) is 35.1 Å². The van der Waals surface area contributed by atoms with Gasteiger partial charge in [0.05, 0.1) is 29.0 Å². The third-order valence-corrected chi connectivity index (χ3v) is 4.69. The minimum Gasteiger partial charge on any atom is -0.378 e. The smallest absolute Gasteiger partial charge is 0.341 e. The molecule has 1 N–H and O–H groups in total. The Morgan fingerprint density at radius 1 is 1.13 bits per heavy atom. The van der Waals surface area contributed by atoms with E-state index in [4.69, 9.17) is 0 Å². The topological polar surface area (TPSA) is 76.4 Å². The highest BCUT2D eigenvalue weighted by molar-refractivity contribution is 7.91. The van der Waals surface area contributed by atoms with Crippen LogP contribution in [-0.4, -0.2) is 28.8 Å². The number of rotatable bonds is 5. The second kappa shape index (κ2) is 5.92. The standard InChI is InChI=1S/C14H12F2N4O2S/c15-14(16)23(21,22)12-4-2-1-3-11(12)18-9-10-5-7-17-13-6-8-19-20(10)13/h1-8,14,18H,9H2. The van der Waals surface area contributed by atoms with Crippen LogP contribution in [0, 0.1) is 0 Å². The molecule has 0 unspecified atom stereocenters. The van der Waals surface area contributed by atoms with Crippen LogP contribution in [-0.2, 0) is 16.4 Å². The fourth-order valence-electron chi connectivity index (χ4n) is 2.16. The first kappa shape index (κ1) is 15.3. The summed E-state index contributed by atoms with van der Waals surface area (Å²) >= 11 is 0. The third-order valence-electron chi connectivity index (χ3n) is 3.26. The molecule has 9 heteroatoms. The van der Waals surface area contributed by atoms with Crippen molar-refractivity contribution in [1.29, 1.82) is 0 Å². The summed E-state index contributed by atoms with van der Waals surface area (Å²) in [5.41, 5.74) is 1.46. The van der Waals surface area contributed by atoms with Gasteiger partial charge in [0.1, 0.15) is 0 Å². The minimum absolute atomic E-state index is 0.116. The summed E-state index contributed by atoms with van der Waals surface area (Å²) in [6, 6.07) is 8.99. The van der Waals surface area contributed by atoms with E-state index in [0.29, 0.717) is 11.3 Å². The normalized spacial score (nSPS) is 12.0. The number of benzene rings is 1. The van der Waals surface area contributed by atoms with Crippen molar-refractivity contribution in [2.24, 2.45) is 0 Å². The van der Waals surface area contributed by atoms with Crippen molar-refractivity contribution < 1.29 is 17.2 Å². The molecule has 0 saturated carbocycles. The highest BCUT2D eigenvalue weighted by Gasteiger charge is 2.28. The molecule has 23 heavy (non-hydrogen) atoms. The average molecular weight is 338 g/mol. The van der Waals surface area contributed by atoms with Gasteiger partial charge in [0.15, 0.2) is 5.65 Å². The lowest BCUT2D eigenvalue weighted by molar-refractivity contribution is 0.235. The molecule has 0 aliphatic rings. The Hall–Kier alpha value is -2.55. The van der Waals surface area contributed by atoms with Crippen LogP contribution in [0.4, 0.5) is 14.5 Å². The Balaban J connectivity index is 1.91. The summed E-state index contributed by atoms with van der Waals surface area (Å²) in [6.45, 7) is 0.205. The van der Waals surface area contributed by atoms with E-state index in [2.05, 4.69) is 15.4 Å². The predicted molar refractivity (Wildman–Crippen MR) is 79.9 cm³/mol. The number of anilines is 1. The molecule has 0 saturated heterocycles. The molecule has 1 aromatic carbocycles. The summed E-state index contributed by atoms with van der Waals surface area (Å²) < 4.78 is 50.6. The Morgan fingerprint density at radius 2 is 1.91 bits per heavy atom. The number of aromatic nitrogens is 3. The molecule has 0 amide bonds. The van der Waals surface area contributed by atoms with Gasteiger partial charge >= 0.3 is 5.76 Å². The summed E-state index contributed by atoms with van der Waals surface area (Å²) in [4.78, 5) is 3.68. The first-order valence-electron chi connectivity index (χ1n) is 6.63. The molecule has 2 heterocycles. The Morgan fingerprint density at radius 3 is 2.70 bits per heavy atom. The zero-order chi connectivity index (χ0) is 16.4. The van der Waals surface area contributed by atoms with Gasteiger partial charge in [-0.05, 0) is 18.2 Å². The molecular formula is C14H12F2N4O2S. The van der Waals surface area contributed by atoms with Gasteiger partial charge < -0.3 is 5.32 Å². The number of nitrogens with one attached hydrogen (secondary N) is 1. The maximum atomic E-state index is 12.8. The molecule has 3 rings (SSSR count). The first-order valence-corrected chi connectivity index (χ1v) is 8.17. The fraction of sp³-hybridized carbons (Fsp3) is 0.143. The number of sulfone groups is 1. The fourth-order valence-corrected chi connectivity index (χ4v) is 3.07. The summed E-state index contributed by atoms with van der Waals surface area (Å²) in [5.74, 6) is -3.47. The average Bonchev–Trinajstić information content (AvgIpc) is 3.02. The molecule has 0 aliphatic carbocycles. The van der Waals surface area contributed by atoms with Gasteiger partial charge in [-0.15, -0.1) is 0 Å². The molecule has 2 aromatic heterocycles. The van der Waals surface area contributed by atoms with Gasteiger partial charge in [-0.1, -0.05) is 12.1 Å². The van der Waals surface area contributed by atoms with Gasteiger partial charge in [-0.3, -0.25) is 0 Å². The zero-order valence-electron chi connectivity index (χ0n) is 11.7. The SMILES string of the molecule is O=S(=O)(c1ccccc1NCc1ccnc2ccnn12)C(F)F. The highest BCUT2D eigenvalue weighted by Crippen LogP contribution is 2.26. The van der Waals surface area contributed by atoms with E-state index in [1.165, 1.54) is 12.1 Å². The number of alkyl halides is 2. The van der Waals surface area contributed by atoms with E-state index in [1.807, 2.05) is 0 Å². The second-order valence-corrected chi connectivity index (χ2v) is 6.58. The number of hydrogen-bond donors (Lipinski definition) is 1. The second-order valence-electron chi connectivity index (χ2n) is 4.69. The Kier molecular flexibility index (Phi) is 3.95. The summed E-state index contributed by atoms with van der Waals surface area (Å²) in [7, 11) is -4.67. The molecule has 0 spiro atoms. The van der Waals surface area contributed by atoms with Crippen LogP contribution in [0.1, 0.15) is 5.69 Å². The van der Waals surface area contributed by atoms with E-state index >= 15 is 0 Å². The quantitative estimate of drug-likeness (QED) is 0.773. The van der Waals surface area contributed by atoms with Crippen LogP contribution in [0.25, 0.3) is 5.65 Å². The van der Waals surface area contributed by atoms with Crippen LogP contribution in [0.3, 0.4) is 0 Å². The van der Waals surface area contributed by atoms with Crippen LogP contribution in [0.15, 0.2) is 53.7 Å². The van der Waals surface area contributed by atoms with Crippen molar-refractivity contribution >= 4 is 21.2 Å². The molecule has 0 aliphatic heterocycles. The van der Waals surface area contributed by atoms with Gasteiger partial charge in [0.25, 0.3) is 0 Å². The van der Waals surface area contributed by atoms with E-state index in [9.17, 15) is 17.2 Å².